The summed E-state index contributed by atoms with van der Waals surface area (Å²) < 4.78 is 10.4. The number of hydrogen-bond acceptors (Lipinski definition) is 4. The minimum atomic E-state index is -0.0881. The highest BCUT2D eigenvalue weighted by atomic mass is 16.7. The van der Waals surface area contributed by atoms with Crippen molar-refractivity contribution in [3.8, 4) is 23.0 Å². The SMILES string of the molecule is Oc1ccccc1OCOc1ccccc1O. The third kappa shape index (κ3) is 2.81. The Hall–Kier alpha value is -2.36. The van der Waals surface area contributed by atoms with Crippen molar-refractivity contribution in [2.45, 2.75) is 0 Å². The zero-order valence-corrected chi connectivity index (χ0v) is 9.04. The highest BCUT2D eigenvalue weighted by Crippen LogP contribution is 2.26. The summed E-state index contributed by atoms with van der Waals surface area (Å²) in [6.07, 6.45) is 0. The molecular formula is C13H12O4. The predicted octanol–water partition coefficient (Wildman–Crippen LogP) is 2.51. The zero-order chi connectivity index (χ0) is 12.1. The van der Waals surface area contributed by atoms with E-state index >= 15 is 0 Å². The molecule has 4 heteroatoms. The molecule has 0 radical (unpaired) electrons. The molecule has 0 spiro atoms. The van der Waals surface area contributed by atoms with Crippen LogP contribution in [0.15, 0.2) is 48.5 Å². The fourth-order valence-corrected chi connectivity index (χ4v) is 1.31. The quantitative estimate of drug-likeness (QED) is 0.795. The molecule has 0 aromatic heterocycles. The number of rotatable bonds is 4. The van der Waals surface area contributed by atoms with Crippen LogP contribution in [0.3, 0.4) is 0 Å². The van der Waals surface area contributed by atoms with Gasteiger partial charge in [0.05, 0.1) is 0 Å². The Balaban J connectivity index is 1.93. The second-order valence-corrected chi connectivity index (χ2v) is 3.34. The van der Waals surface area contributed by atoms with E-state index in [0.29, 0.717) is 11.5 Å². The van der Waals surface area contributed by atoms with Gasteiger partial charge in [0, 0.05) is 0 Å². The molecule has 0 aliphatic carbocycles. The van der Waals surface area contributed by atoms with Gasteiger partial charge in [-0.1, -0.05) is 24.3 Å². The molecule has 2 aromatic carbocycles. The van der Waals surface area contributed by atoms with E-state index in [1.54, 1.807) is 36.4 Å². The van der Waals surface area contributed by atoms with Gasteiger partial charge in [-0.05, 0) is 24.3 Å². The van der Waals surface area contributed by atoms with Crippen LogP contribution in [0.2, 0.25) is 0 Å². The van der Waals surface area contributed by atoms with E-state index in [0.717, 1.165) is 0 Å². The first-order chi connectivity index (χ1) is 8.27. The van der Waals surface area contributed by atoms with Crippen molar-refractivity contribution in [2.75, 3.05) is 6.79 Å². The van der Waals surface area contributed by atoms with Gasteiger partial charge in [-0.25, -0.2) is 0 Å². The molecule has 0 saturated heterocycles. The van der Waals surface area contributed by atoms with Crippen molar-refractivity contribution in [2.24, 2.45) is 0 Å². The summed E-state index contributed by atoms with van der Waals surface area (Å²) in [5.41, 5.74) is 0. The molecule has 4 nitrogen and oxygen atoms in total. The maximum absolute atomic E-state index is 9.43. The van der Waals surface area contributed by atoms with Crippen molar-refractivity contribution in [1.82, 2.24) is 0 Å². The van der Waals surface area contributed by atoms with Crippen LogP contribution in [0.1, 0.15) is 0 Å². The number of phenols is 2. The first-order valence-electron chi connectivity index (χ1n) is 5.09. The summed E-state index contributed by atoms with van der Waals surface area (Å²) >= 11 is 0. The Labute approximate surface area is 98.7 Å². The summed E-state index contributed by atoms with van der Waals surface area (Å²) in [7, 11) is 0. The molecule has 0 aliphatic heterocycles. The molecule has 2 N–H and O–H groups in total. The maximum atomic E-state index is 9.43. The Morgan fingerprint density at radius 2 is 1.12 bits per heavy atom. The number of aromatic hydroxyl groups is 2. The molecule has 0 bridgehead atoms. The Bertz CT molecular complexity index is 451. The monoisotopic (exact) mass is 232 g/mol. The first-order valence-corrected chi connectivity index (χ1v) is 5.09. The van der Waals surface area contributed by atoms with E-state index < -0.39 is 0 Å². The van der Waals surface area contributed by atoms with E-state index in [4.69, 9.17) is 9.47 Å². The third-order valence-electron chi connectivity index (χ3n) is 2.16. The van der Waals surface area contributed by atoms with Gasteiger partial charge in [0.2, 0.25) is 6.79 Å². The number of hydrogen-bond donors (Lipinski definition) is 2. The van der Waals surface area contributed by atoms with Crippen LogP contribution >= 0.6 is 0 Å². The van der Waals surface area contributed by atoms with E-state index in [1.165, 1.54) is 12.1 Å². The topological polar surface area (TPSA) is 58.9 Å². The lowest BCUT2D eigenvalue weighted by molar-refractivity contribution is 0.113. The maximum Gasteiger partial charge on any atom is 0.231 e. The number of benzene rings is 2. The van der Waals surface area contributed by atoms with Crippen LogP contribution in [0.25, 0.3) is 0 Å². The summed E-state index contributed by atoms with van der Waals surface area (Å²) in [4.78, 5) is 0. The van der Waals surface area contributed by atoms with Gasteiger partial charge in [0.25, 0.3) is 0 Å². The lowest BCUT2D eigenvalue weighted by Crippen LogP contribution is -2.05. The van der Waals surface area contributed by atoms with Gasteiger partial charge in [-0.3, -0.25) is 0 Å². The van der Waals surface area contributed by atoms with E-state index in [9.17, 15) is 10.2 Å². The standard InChI is InChI=1S/C13H12O4/c14-10-5-1-3-7-12(10)16-9-17-13-8-4-2-6-11(13)15/h1-8,14-15H,9H2. The largest absolute Gasteiger partial charge is 0.504 e. The second kappa shape index (κ2) is 5.12. The lowest BCUT2D eigenvalue weighted by atomic mass is 10.3. The van der Waals surface area contributed by atoms with Crippen LogP contribution in [0.5, 0.6) is 23.0 Å². The fraction of sp³-hybridized carbons (Fsp3) is 0.0769. The molecule has 0 fully saturated rings. The fourth-order valence-electron chi connectivity index (χ4n) is 1.31. The highest BCUT2D eigenvalue weighted by molar-refractivity contribution is 5.39. The van der Waals surface area contributed by atoms with Crippen LogP contribution in [0.4, 0.5) is 0 Å². The van der Waals surface area contributed by atoms with Crippen LogP contribution in [-0.4, -0.2) is 17.0 Å². The predicted molar refractivity (Wildman–Crippen MR) is 62.3 cm³/mol. The molecule has 2 rings (SSSR count). The van der Waals surface area contributed by atoms with Crippen LogP contribution < -0.4 is 9.47 Å². The summed E-state index contributed by atoms with van der Waals surface area (Å²) in [5.74, 6) is 0.771. The van der Waals surface area contributed by atoms with E-state index in [2.05, 4.69) is 0 Å². The van der Waals surface area contributed by atoms with Gasteiger partial charge < -0.3 is 19.7 Å². The van der Waals surface area contributed by atoms with Crippen LogP contribution in [-0.2, 0) is 0 Å². The van der Waals surface area contributed by atoms with Gasteiger partial charge in [0.1, 0.15) is 0 Å². The summed E-state index contributed by atoms with van der Waals surface area (Å²) in [6.45, 7) is -0.0881. The molecule has 2 aromatic rings. The van der Waals surface area contributed by atoms with Crippen molar-refractivity contribution in [3.05, 3.63) is 48.5 Å². The molecule has 0 amide bonds. The lowest BCUT2D eigenvalue weighted by Gasteiger charge is -2.10. The average Bonchev–Trinajstić information content (AvgIpc) is 2.34. The normalized spacial score (nSPS) is 9.88. The summed E-state index contributed by atoms with van der Waals surface area (Å²) in [6, 6.07) is 13.2. The van der Waals surface area contributed by atoms with E-state index in [-0.39, 0.29) is 18.3 Å². The number of para-hydroxylation sites is 4. The van der Waals surface area contributed by atoms with Gasteiger partial charge in [-0.15, -0.1) is 0 Å². The number of phenolic OH excluding ortho intramolecular Hbond substituents is 2. The minimum absolute atomic E-state index is 0.0494. The summed E-state index contributed by atoms with van der Waals surface area (Å²) in [5, 5.41) is 18.9. The minimum Gasteiger partial charge on any atom is -0.504 e. The Morgan fingerprint density at radius 1 is 0.706 bits per heavy atom. The average molecular weight is 232 g/mol. The van der Waals surface area contributed by atoms with Gasteiger partial charge in [-0.2, -0.15) is 0 Å². The third-order valence-corrected chi connectivity index (χ3v) is 2.16. The Kier molecular flexibility index (Phi) is 3.35. The van der Waals surface area contributed by atoms with Crippen molar-refractivity contribution >= 4 is 0 Å². The number of ether oxygens (including phenoxy) is 2. The molecule has 0 aliphatic rings. The smallest absolute Gasteiger partial charge is 0.231 e. The zero-order valence-electron chi connectivity index (χ0n) is 9.04. The molecule has 17 heavy (non-hydrogen) atoms. The molecule has 0 saturated carbocycles. The molecule has 0 unspecified atom stereocenters. The van der Waals surface area contributed by atoms with Crippen molar-refractivity contribution in [1.29, 1.82) is 0 Å². The molecule has 0 atom stereocenters. The van der Waals surface area contributed by atoms with Crippen molar-refractivity contribution < 1.29 is 19.7 Å². The van der Waals surface area contributed by atoms with Crippen LogP contribution in [0, 0.1) is 0 Å². The van der Waals surface area contributed by atoms with Gasteiger partial charge in [0.15, 0.2) is 23.0 Å². The van der Waals surface area contributed by atoms with Crippen molar-refractivity contribution in [3.63, 3.8) is 0 Å². The highest BCUT2D eigenvalue weighted by Gasteiger charge is 2.02. The van der Waals surface area contributed by atoms with Gasteiger partial charge >= 0.3 is 0 Å². The molecule has 0 heterocycles. The molecular weight excluding hydrogens is 220 g/mol. The second-order valence-electron chi connectivity index (χ2n) is 3.34. The Morgan fingerprint density at radius 3 is 1.53 bits per heavy atom. The molecule has 88 valence electrons. The first kappa shape index (κ1) is 11.1. The van der Waals surface area contributed by atoms with E-state index in [1.807, 2.05) is 0 Å².